The lowest BCUT2D eigenvalue weighted by molar-refractivity contribution is -0.193. The highest BCUT2D eigenvalue weighted by molar-refractivity contribution is 6.41. The minimum Gasteiger partial charge on any atom is -0.444 e. The van der Waals surface area contributed by atoms with Crippen LogP contribution in [0.5, 0.6) is 0 Å². The van der Waals surface area contributed by atoms with Crippen LogP contribution < -0.4 is 5.32 Å². The van der Waals surface area contributed by atoms with Crippen molar-refractivity contribution in [3.05, 3.63) is 71.8 Å². The minimum atomic E-state index is -5.77. The second-order valence-corrected chi connectivity index (χ2v) is 17.7. The Morgan fingerprint density at radius 1 is 0.716 bits per heavy atom. The molecular weight excluding hydrogens is 891 g/mol. The summed E-state index contributed by atoms with van der Waals surface area (Å²) in [5.41, 5.74) is 1.10. The van der Waals surface area contributed by atoms with Gasteiger partial charge in [0.2, 0.25) is 0 Å². The van der Waals surface area contributed by atoms with E-state index in [1.807, 2.05) is 109 Å². The molecule has 4 rings (SSSR count). The van der Waals surface area contributed by atoms with Gasteiger partial charge in [-0.2, -0.15) is 26.3 Å². The zero-order chi connectivity index (χ0) is 52.2. The molecule has 2 aromatic rings. The number of nitrogens with one attached hydrogen (secondary N) is 1. The normalized spacial score (nSPS) is 20.0. The first kappa shape index (κ1) is 58.9. The van der Waals surface area contributed by atoms with Crippen molar-refractivity contribution < 1.29 is 76.1 Å². The van der Waals surface area contributed by atoms with Crippen molar-refractivity contribution in [2.75, 3.05) is 27.3 Å². The van der Waals surface area contributed by atoms with E-state index in [0.717, 1.165) is 43.4 Å². The lowest BCUT2D eigenvalue weighted by Crippen LogP contribution is -2.49. The molecule has 12 nitrogen and oxygen atoms in total. The van der Waals surface area contributed by atoms with E-state index >= 15 is 0 Å². The molecule has 2 aliphatic rings. The minimum absolute atomic E-state index is 0.0281. The Hall–Kier alpha value is -4.23. The molecule has 18 heteroatoms. The van der Waals surface area contributed by atoms with E-state index in [4.69, 9.17) is 15.6 Å². The summed E-state index contributed by atoms with van der Waals surface area (Å²) in [6.07, 6.45) is -9.29. The van der Waals surface area contributed by atoms with Gasteiger partial charge in [0.15, 0.2) is 0 Å². The summed E-state index contributed by atoms with van der Waals surface area (Å²) >= 11 is 0. The number of amides is 1. The molecule has 0 bridgehead atoms. The number of hydrogen-bond acceptors (Lipinski definition) is 11. The van der Waals surface area contributed by atoms with Crippen molar-refractivity contribution in [2.24, 2.45) is 23.7 Å². The van der Waals surface area contributed by atoms with Gasteiger partial charge in [-0.25, -0.2) is 4.79 Å². The molecule has 2 aromatic carbocycles. The number of ether oxygens (including phenoxy) is 3. The fraction of sp³-hybridized carbons (Fsp3) is 0.653. The van der Waals surface area contributed by atoms with E-state index in [9.17, 15) is 60.5 Å². The summed E-state index contributed by atoms with van der Waals surface area (Å²) in [7, 11) is 3.26. The molecule has 0 aromatic heterocycles. The highest BCUT2D eigenvalue weighted by atomic mass is 19.4. The molecule has 2 saturated heterocycles. The van der Waals surface area contributed by atoms with Crippen molar-refractivity contribution in [2.45, 2.75) is 155 Å². The maximum Gasteiger partial charge on any atom is 0.458 e. The summed E-state index contributed by atoms with van der Waals surface area (Å²) in [6.45, 7) is 17.0. The van der Waals surface area contributed by atoms with E-state index < -0.39 is 53.7 Å². The van der Waals surface area contributed by atoms with Crippen molar-refractivity contribution >= 4 is 29.2 Å². The second-order valence-electron chi connectivity index (χ2n) is 17.7. The average molecular weight is 964 g/mol. The third kappa shape index (κ3) is 19.7. The van der Waals surface area contributed by atoms with Crippen LogP contribution in [0.3, 0.4) is 0 Å². The lowest BCUT2D eigenvalue weighted by Gasteiger charge is -2.35. The average Bonchev–Trinajstić information content (AvgIpc) is 4.00. The van der Waals surface area contributed by atoms with Crippen LogP contribution in [0, 0.1) is 23.7 Å². The number of likely N-dealkylation sites (tertiary alicyclic amines) is 1. The van der Waals surface area contributed by atoms with Crippen LogP contribution in [-0.4, -0.2) is 114 Å². The van der Waals surface area contributed by atoms with Crippen LogP contribution >= 0.6 is 0 Å². The fourth-order valence-electron chi connectivity index (χ4n) is 7.90. The van der Waals surface area contributed by atoms with Crippen molar-refractivity contribution in [1.82, 2.24) is 10.2 Å². The van der Waals surface area contributed by atoms with Gasteiger partial charge in [-0.05, 0) is 76.0 Å². The number of halogens is 6. The number of nitrogens with zero attached hydrogens (tertiary/aromatic N) is 1. The third-order valence-electron chi connectivity index (χ3n) is 11.5. The Morgan fingerprint density at radius 3 is 1.46 bits per heavy atom. The molecule has 380 valence electrons. The van der Waals surface area contributed by atoms with Gasteiger partial charge in [0.1, 0.15) is 17.2 Å². The molecule has 2 fully saturated rings. The van der Waals surface area contributed by atoms with Crippen LogP contribution in [0.2, 0.25) is 0 Å². The largest absolute Gasteiger partial charge is 0.458 e. The Morgan fingerprint density at radius 2 is 1.12 bits per heavy atom. The molecule has 2 heterocycles. The van der Waals surface area contributed by atoms with Gasteiger partial charge in [0.25, 0.3) is 0 Å². The number of carbonyl (C=O) groups is 5. The molecule has 2 aliphatic heterocycles. The first-order valence-electron chi connectivity index (χ1n) is 23.1. The summed E-state index contributed by atoms with van der Waals surface area (Å²) in [5.74, 6) is -7.51. The van der Waals surface area contributed by atoms with Crippen molar-refractivity contribution in [1.29, 1.82) is 0 Å². The second kappa shape index (κ2) is 28.3. The summed E-state index contributed by atoms with van der Waals surface area (Å²) < 4.78 is 90.0. The number of benzene rings is 2. The molecule has 0 unspecified atom stereocenters. The monoisotopic (exact) mass is 964 g/mol. The van der Waals surface area contributed by atoms with Crippen LogP contribution in [0.15, 0.2) is 60.7 Å². The maximum absolute atomic E-state index is 13.0. The van der Waals surface area contributed by atoms with E-state index in [2.05, 4.69) is 5.32 Å². The Bertz CT molecular complexity index is 1800. The Kier molecular flexibility index (Phi) is 24.9. The number of Topliss-reactive ketones (excluding diaryl/α,β-unsaturated/α-hetero) is 4. The molecular formula is C49H72F6N2O10. The highest BCUT2D eigenvalue weighted by Gasteiger charge is 2.54. The van der Waals surface area contributed by atoms with Crippen LogP contribution in [0.4, 0.5) is 31.1 Å². The number of hydrogen-bond donors (Lipinski definition) is 3. The molecule has 67 heavy (non-hydrogen) atoms. The highest BCUT2D eigenvalue weighted by Crippen LogP contribution is 2.32. The number of aliphatic hydroxyl groups excluding tert-OH is 2. The SMILES string of the molecule is CO[C@@H]([C@@H]1CCCN1)[C@@H](C)C(=O)C[C@H](C)[C@@H](O)c1ccccc1.CO[C@H]([C@@H](C)C(=O)C[C@H](C)[C@@H](O)c1ccccc1)[C@@H]1CCCN1C(=O)OC(C)(C)C.O=C(C(=O)C(F)(F)F)C(F)(F)F.[2H]CC. The zero-order valence-electron chi connectivity index (χ0n) is 41.3. The number of carbonyl (C=O) groups excluding carboxylic acids is 5. The first-order chi connectivity index (χ1) is 31.6. The van der Waals surface area contributed by atoms with E-state index in [1.165, 1.54) is 0 Å². The summed E-state index contributed by atoms with van der Waals surface area (Å²) in [5, 5.41) is 24.4. The Labute approximate surface area is 392 Å². The van der Waals surface area contributed by atoms with Crippen LogP contribution in [0.25, 0.3) is 0 Å². The van der Waals surface area contributed by atoms with Crippen molar-refractivity contribution in [3.63, 3.8) is 0 Å². The van der Waals surface area contributed by atoms with Gasteiger partial charge in [0.05, 0.1) is 30.5 Å². The topological polar surface area (TPSA) is 169 Å². The van der Waals surface area contributed by atoms with Gasteiger partial charge in [-0.1, -0.05) is 102 Å². The zero-order valence-corrected chi connectivity index (χ0v) is 40.3. The number of methoxy groups -OCH3 is 2. The standard InChI is InChI=1S/C24H37NO5.C19H29NO3.C4F6O2.C2H6/c1-16(21(27)18-11-8-7-9-12-18)15-20(26)17(2)22(29-6)19-13-10-14-25(19)23(28)30-24(3,4)5;1-13(18(22)15-8-5-4-6-9-15)12-17(21)14(2)19(23-3)16-10-7-11-20-16;5-3(6,7)1(11)2(12)4(8,9)10;1-2/h7-9,11-12,16-17,19,21-22,27H,10,13-15H2,1-6H3;4-6,8-9,13-14,16,18-20,22H,7,10-12H2,1-3H3;;1-2H3/t16-,17-,19-,21+,22+;13-,14-,16-,18+,19+;;/m00../s1/i;;;1D. The van der Waals surface area contributed by atoms with Gasteiger partial charge in [-0.3, -0.25) is 19.2 Å². The molecule has 10 atom stereocenters. The predicted molar refractivity (Wildman–Crippen MR) is 241 cm³/mol. The van der Waals surface area contributed by atoms with Crippen molar-refractivity contribution in [3.8, 4) is 0 Å². The molecule has 0 saturated carbocycles. The molecule has 3 N–H and O–H groups in total. The van der Waals surface area contributed by atoms with Gasteiger partial charge < -0.3 is 34.6 Å². The maximum atomic E-state index is 13.0. The number of ketones is 4. The smallest absolute Gasteiger partial charge is 0.444 e. The Balaban J connectivity index is 0.000000536. The summed E-state index contributed by atoms with van der Waals surface area (Å²) in [6, 6.07) is 19.0. The fourth-order valence-corrected chi connectivity index (χ4v) is 7.90. The number of rotatable bonds is 17. The molecule has 1 amide bonds. The molecule has 0 spiro atoms. The quantitative estimate of drug-likeness (QED) is 0.102. The number of alkyl halides is 6. The van der Waals surface area contributed by atoms with E-state index in [-0.39, 0.29) is 60.0 Å². The van der Waals surface area contributed by atoms with Gasteiger partial charge >= 0.3 is 30.0 Å². The molecule has 0 aliphatic carbocycles. The predicted octanol–water partition coefficient (Wildman–Crippen LogP) is 9.36. The first-order valence-corrected chi connectivity index (χ1v) is 22.4. The summed E-state index contributed by atoms with van der Waals surface area (Å²) in [4.78, 5) is 59.2. The lowest BCUT2D eigenvalue weighted by atomic mass is 9.85. The number of aliphatic hydroxyl groups is 2. The van der Waals surface area contributed by atoms with Gasteiger partial charge in [0, 0.05) is 52.9 Å². The van der Waals surface area contributed by atoms with Crippen LogP contribution in [0.1, 0.15) is 126 Å². The third-order valence-corrected chi connectivity index (χ3v) is 11.5. The van der Waals surface area contributed by atoms with Crippen LogP contribution in [-0.2, 0) is 33.4 Å². The van der Waals surface area contributed by atoms with E-state index in [0.29, 0.717) is 19.9 Å². The van der Waals surface area contributed by atoms with Gasteiger partial charge in [-0.15, -0.1) is 0 Å². The van der Waals surface area contributed by atoms with E-state index in [1.54, 1.807) is 26.0 Å². The molecule has 0 radical (unpaired) electrons.